The molecule has 0 aliphatic rings. The normalized spacial score (nSPS) is 11.9. The first-order valence-corrected chi connectivity index (χ1v) is 6.99. The number of hydrogen-bond donors (Lipinski definition) is 4. The summed E-state index contributed by atoms with van der Waals surface area (Å²) in [6.45, 7) is 2.20. The maximum Gasteiger partial charge on any atom is 0.322 e. The number of carbonyl (C=O) groups is 2. The number of nitrogens with one attached hydrogen (secondary N) is 2. The van der Waals surface area contributed by atoms with E-state index in [4.69, 9.17) is 5.11 Å². The highest BCUT2D eigenvalue weighted by atomic mass is 16.4. The summed E-state index contributed by atoms with van der Waals surface area (Å²) in [6, 6.07) is 7.79. The highest BCUT2D eigenvalue weighted by molar-refractivity contribution is 5.82. The Bertz CT molecular complexity index is 459. The molecule has 0 aliphatic carbocycles. The van der Waals surface area contributed by atoms with Crippen LogP contribution in [0.2, 0.25) is 0 Å². The Kier molecular flexibility index (Phi) is 7.42. The maximum absolute atomic E-state index is 11.2. The van der Waals surface area contributed by atoms with Crippen LogP contribution in [0.1, 0.15) is 30.6 Å². The van der Waals surface area contributed by atoms with Crippen LogP contribution in [0.3, 0.4) is 0 Å². The van der Waals surface area contributed by atoms with Crippen LogP contribution in [-0.2, 0) is 16.0 Å². The molecule has 1 atom stereocenters. The number of aliphatic hydroxyl groups is 1. The average molecular weight is 294 g/mol. The molecule has 0 heterocycles. The van der Waals surface area contributed by atoms with Crippen molar-refractivity contribution in [3.05, 3.63) is 35.4 Å². The van der Waals surface area contributed by atoms with E-state index in [-0.39, 0.29) is 19.0 Å². The number of aryl methyl sites for hydroxylation is 1. The number of amides is 1. The fourth-order valence-corrected chi connectivity index (χ4v) is 1.82. The molecule has 0 aliphatic heterocycles. The van der Waals surface area contributed by atoms with Gasteiger partial charge in [-0.2, -0.15) is 0 Å². The lowest BCUT2D eigenvalue weighted by molar-refractivity contribution is -0.137. The fraction of sp³-hybridized carbons (Fsp3) is 0.467. The third-order valence-electron chi connectivity index (χ3n) is 3.09. The number of rotatable bonds is 9. The molecule has 1 unspecified atom stereocenters. The SMILES string of the molecule is CCc1ccc(C(O)CCNCC(=O)NCC(=O)O)cc1. The fourth-order valence-electron chi connectivity index (χ4n) is 1.82. The van der Waals surface area contributed by atoms with Gasteiger partial charge in [-0.3, -0.25) is 9.59 Å². The van der Waals surface area contributed by atoms with Crippen LogP contribution in [0.4, 0.5) is 0 Å². The van der Waals surface area contributed by atoms with Gasteiger partial charge in [0, 0.05) is 0 Å². The Balaban J connectivity index is 2.22. The van der Waals surface area contributed by atoms with Crippen molar-refractivity contribution < 1.29 is 19.8 Å². The molecule has 0 bridgehead atoms. The molecular weight excluding hydrogens is 272 g/mol. The van der Waals surface area contributed by atoms with E-state index >= 15 is 0 Å². The number of carboxylic acids is 1. The van der Waals surface area contributed by atoms with E-state index in [0.717, 1.165) is 12.0 Å². The van der Waals surface area contributed by atoms with Crippen molar-refractivity contribution in [1.82, 2.24) is 10.6 Å². The first kappa shape index (κ1) is 17.1. The van der Waals surface area contributed by atoms with E-state index in [0.29, 0.717) is 13.0 Å². The quantitative estimate of drug-likeness (QED) is 0.496. The van der Waals surface area contributed by atoms with Gasteiger partial charge in [-0.25, -0.2) is 0 Å². The van der Waals surface area contributed by atoms with Gasteiger partial charge in [-0.1, -0.05) is 31.2 Å². The highest BCUT2D eigenvalue weighted by Gasteiger charge is 2.08. The molecule has 0 saturated heterocycles. The van der Waals surface area contributed by atoms with Crippen LogP contribution in [0.15, 0.2) is 24.3 Å². The summed E-state index contributed by atoms with van der Waals surface area (Å²) in [5.41, 5.74) is 2.07. The Labute approximate surface area is 124 Å². The molecule has 116 valence electrons. The van der Waals surface area contributed by atoms with Crippen LogP contribution >= 0.6 is 0 Å². The molecule has 1 amide bonds. The molecule has 6 heteroatoms. The number of aliphatic carboxylic acids is 1. The number of aliphatic hydroxyl groups excluding tert-OH is 1. The summed E-state index contributed by atoms with van der Waals surface area (Å²) < 4.78 is 0. The number of carbonyl (C=O) groups excluding carboxylic acids is 1. The van der Waals surface area contributed by atoms with Crippen molar-refractivity contribution in [2.24, 2.45) is 0 Å². The predicted octanol–water partition coefficient (Wildman–Crippen LogP) is 0.463. The van der Waals surface area contributed by atoms with Gasteiger partial charge >= 0.3 is 5.97 Å². The maximum atomic E-state index is 11.2. The highest BCUT2D eigenvalue weighted by Crippen LogP contribution is 2.16. The summed E-state index contributed by atoms with van der Waals surface area (Å²) in [6.07, 6.45) is 0.867. The summed E-state index contributed by atoms with van der Waals surface area (Å²) in [5, 5.41) is 23.5. The van der Waals surface area contributed by atoms with Crippen LogP contribution in [0, 0.1) is 0 Å². The van der Waals surface area contributed by atoms with Gasteiger partial charge in [0.2, 0.25) is 5.91 Å². The number of hydrogen-bond acceptors (Lipinski definition) is 4. The smallest absolute Gasteiger partial charge is 0.322 e. The van der Waals surface area contributed by atoms with Crippen LogP contribution < -0.4 is 10.6 Å². The zero-order chi connectivity index (χ0) is 15.7. The van der Waals surface area contributed by atoms with E-state index in [1.165, 1.54) is 5.56 Å². The number of carboxylic acid groups (broad SMARTS) is 1. The second-order valence-corrected chi connectivity index (χ2v) is 4.75. The second-order valence-electron chi connectivity index (χ2n) is 4.75. The Morgan fingerprint density at radius 2 is 1.86 bits per heavy atom. The van der Waals surface area contributed by atoms with Crippen molar-refractivity contribution in [2.75, 3.05) is 19.6 Å². The second kappa shape index (κ2) is 9.10. The van der Waals surface area contributed by atoms with Crippen molar-refractivity contribution in [3.63, 3.8) is 0 Å². The third kappa shape index (κ3) is 6.87. The molecule has 0 fully saturated rings. The summed E-state index contributed by atoms with van der Waals surface area (Å²) in [5.74, 6) is -1.45. The third-order valence-corrected chi connectivity index (χ3v) is 3.09. The van der Waals surface area contributed by atoms with Crippen LogP contribution in [-0.4, -0.2) is 41.7 Å². The van der Waals surface area contributed by atoms with Crippen molar-refractivity contribution in [2.45, 2.75) is 25.9 Å². The monoisotopic (exact) mass is 294 g/mol. The zero-order valence-electron chi connectivity index (χ0n) is 12.1. The first-order valence-electron chi connectivity index (χ1n) is 6.99. The predicted molar refractivity (Wildman–Crippen MR) is 78.9 cm³/mol. The Morgan fingerprint density at radius 1 is 1.19 bits per heavy atom. The van der Waals surface area contributed by atoms with Gasteiger partial charge in [-0.15, -0.1) is 0 Å². The molecule has 6 nitrogen and oxygen atoms in total. The molecule has 0 aromatic heterocycles. The lowest BCUT2D eigenvalue weighted by atomic mass is 10.0. The lowest BCUT2D eigenvalue weighted by Crippen LogP contribution is -2.37. The van der Waals surface area contributed by atoms with Gasteiger partial charge in [0.15, 0.2) is 0 Å². The minimum atomic E-state index is -1.07. The van der Waals surface area contributed by atoms with E-state index < -0.39 is 12.1 Å². The Morgan fingerprint density at radius 3 is 2.43 bits per heavy atom. The molecule has 21 heavy (non-hydrogen) atoms. The van der Waals surface area contributed by atoms with Crippen LogP contribution in [0.25, 0.3) is 0 Å². The topological polar surface area (TPSA) is 98.7 Å². The van der Waals surface area contributed by atoms with Gasteiger partial charge in [0.1, 0.15) is 6.54 Å². The molecular formula is C15H22N2O4. The first-order chi connectivity index (χ1) is 10.0. The largest absolute Gasteiger partial charge is 0.480 e. The summed E-state index contributed by atoms with van der Waals surface area (Å²) in [7, 11) is 0. The molecule has 1 aromatic rings. The molecule has 0 spiro atoms. The number of benzene rings is 1. The molecule has 1 aromatic carbocycles. The van der Waals surface area contributed by atoms with Gasteiger partial charge in [0.05, 0.1) is 12.6 Å². The molecule has 4 N–H and O–H groups in total. The average Bonchev–Trinajstić information content (AvgIpc) is 2.49. The zero-order valence-corrected chi connectivity index (χ0v) is 12.1. The van der Waals surface area contributed by atoms with Crippen molar-refractivity contribution in [3.8, 4) is 0 Å². The van der Waals surface area contributed by atoms with E-state index in [1.807, 2.05) is 24.3 Å². The van der Waals surface area contributed by atoms with Crippen molar-refractivity contribution >= 4 is 11.9 Å². The van der Waals surface area contributed by atoms with Gasteiger partial charge < -0.3 is 20.8 Å². The standard InChI is InChI=1S/C15H22N2O4/c1-2-11-3-5-12(6-4-11)13(18)7-8-16-9-14(19)17-10-15(20)21/h3-6,13,16,18H,2,7-10H2,1H3,(H,17,19)(H,20,21). The van der Waals surface area contributed by atoms with E-state index in [1.54, 1.807) is 0 Å². The Hall–Kier alpha value is -1.92. The molecule has 0 radical (unpaired) electrons. The minimum Gasteiger partial charge on any atom is -0.480 e. The molecule has 1 rings (SSSR count). The lowest BCUT2D eigenvalue weighted by Gasteiger charge is -2.12. The van der Waals surface area contributed by atoms with Crippen LogP contribution in [0.5, 0.6) is 0 Å². The summed E-state index contributed by atoms with van der Waals surface area (Å²) in [4.78, 5) is 21.5. The van der Waals surface area contributed by atoms with Gasteiger partial charge in [-0.05, 0) is 30.5 Å². The van der Waals surface area contributed by atoms with E-state index in [9.17, 15) is 14.7 Å². The summed E-state index contributed by atoms with van der Waals surface area (Å²) >= 11 is 0. The molecule has 0 saturated carbocycles. The van der Waals surface area contributed by atoms with Crippen molar-refractivity contribution in [1.29, 1.82) is 0 Å². The van der Waals surface area contributed by atoms with E-state index in [2.05, 4.69) is 17.6 Å². The van der Waals surface area contributed by atoms with Gasteiger partial charge in [0.25, 0.3) is 0 Å². The minimum absolute atomic E-state index is 0.0365.